The Hall–Kier alpha value is -4.93. The summed E-state index contributed by atoms with van der Waals surface area (Å²) >= 11 is 0. The lowest BCUT2D eigenvalue weighted by Gasteiger charge is -2.13. The van der Waals surface area contributed by atoms with Crippen LogP contribution in [-0.2, 0) is 6.18 Å². The van der Waals surface area contributed by atoms with Crippen LogP contribution in [0.2, 0.25) is 0 Å². The molecule has 0 amide bonds. The average Bonchev–Trinajstić information content (AvgIpc) is 3.32. The van der Waals surface area contributed by atoms with Gasteiger partial charge < -0.3 is 14.9 Å². The molecule has 0 aliphatic rings. The predicted octanol–water partition coefficient (Wildman–Crippen LogP) is 7.49. The highest BCUT2D eigenvalue weighted by atomic mass is 19.4. The van der Waals surface area contributed by atoms with Crippen LogP contribution in [0.5, 0.6) is 5.75 Å². The molecule has 192 valence electrons. The zero-order valence-corrected chi connectivity index (χ0v) is 19.5. The molecule has 0 fully saturated rings. The topological polar surface area (TPSA) is 104 Å². The van der Waals surface area contributed by atoms with E-state index in [4.69, 9.17) is 14.9 Å². The van der Waals surface area contributed by atoms with E-state index in [2.05, 4.69) is 4.98 Å². The number of anilines is 1. The Bertz CT molecular complexity index is 1710. The van der Waals surface area contributed by atoms with Gasteiger partial charge in [-0.05, 0) is 54.1 Å². The molecular formula is C27H17F4N3O4. The van der Waals surface area contributed by atoms with Crippen molar-refractivity contribution in [3.8, 4) is 39.5 Å². The van der Waals surface area contributed by atoms with Crippen LogP contribution >= 0.6 is 0 Å². The highest BCUT2D eigenvalue weighted by Crippen LogP contribution is 2.41. The number of hydrogen-bond donors (Lipinski definition) is 1. The van der Waals surface area contributed by atoms with E-state index in [1.165, 1.54) is 31.4 Å². The average molecular weight is 523 g/mol. The summed E-state index contributed by atoms with van der Waals surface area (Å²) in [4.78, 5) is 15.2. The number of alkyl halides is 3. The van der Waals surface area contributed by atoms with Gasteiger partial charge in [-0.25, -0.2) is 9.37 Å². The third kappa shape index (κ3) is 4.49. The first-order valence-electron chi connectivity index (χ1n) is 11.1. The summed E-state index contributed by atoms with van der Waals surface area (Å²) in [5.74, 6) is -0.500. The SMILES string of the molecule is COc1cc(F)c(-c2ccc(N)cc2[N+](=O)[O-])cc1-c1cccc(-c2nc3cc(C(F)(F)F)ccc3o2)c1. The first kappa shape index (κ1) is 24.8. The number of nitrogens with two attached hydrogens (primary N) is 1. The van der Waals surface area contributed by atoms with E-state index in [1.54, 1.807) is 24.3 Å². The van der Waals surface area contributed by atoms with Gasteiger partial charge in [0.1, 0.15) is 17.1 Å². The van der Waals surface area contributed by atoms with Crippen LogP contribution in [0, 0.1) is 15.9 Å². The van der Waals surface area contributed by atoms with Crippen molar-refractivity contribution < 1.29 is 31.6 Å². The molecule has 0 aliphatic heterocycles. The van der Waals surface area contributed by atoms with E-state index in [9.17, 15) is 23.3 Å². The molecule has 5 rings (SSSR count). The lowest BCUT2D eigenvalue weighted by atomic mass is 9.95. The molecule has 7 nitrogen and oxygen atoms in total. The number of fused-ring (bicyclic) bond motifs is 1. The van der Waals surface area contributed by atoms with E-state index < -0.39 is 22.5 Å². The molecule has 38 heavy (non-hydrogen) atoms. The molecule has 0 spiro atoms. The molecule has 0 bridgehead atoms. The number of nitrogen functional groups attached to an aromatic ring is 1. The Labute approximate surface area is 212 Å². The van der Waals surface area contributed by atoms with Gasteiger partial charge in [0.05, 0.1) is 23.2 Å². The van der Waals surface area contributed by atoms with Crippen LogP contribution < -0.4 is 10.5 Å². The Kier molecular flexibility index (Phi) is 5.98. The minimum Gasteiger partial charge on any atom is -0.496 e. The Balaban J connectivity index is 1.62. The van der Waals surface area contributed by atoms with Gasteiger partial charge in [0.15, 0.2) is 5.58 Å². The molecule has 2 N–H and O–H groups in total. The molecule has 11 heteroatoms. The van der Waals surface area contributed by atoms with Gasteiger partial charge >= 0.3 is 6.18 Å². The number of halogens is 4. The Morgan fingerprint density at radius 3 is 2.42 bits per heavy atom. The Morgan fingerprint density at radius 1 is 0.947 bits per heavy atom. The van der Waals surface area contributed by atoms with E-state index in [-0.39, 0.29) is 45.2 Å². The molecule has 0 saturated heterocycles. The zero-order valence-electron chi connectivity index (χ0n) is 19.5. The predicted molar refractivity (Wildman–Crippen MR) is 133 cm³/mol. The number of rotatable bonds is 5. The number of methoxy groups -OCH3 is 1. The molecule has 1 aromatic heterocycles. The van der Waals surface area contributed by atoms with Gasteiger partial charge in [0.2, 0.25) is 5.89 Å². The highest BCUT2D eigenvalue weighted by molar-refractivity contribution is 5.84. The van der Waals surface area contributed by atoms with Crippen molar-refractivity contribution in [3.63, 3.8) is 0 Å². The Morgan fingerprint density at radius 2 is 1.71 bits per heavy atom. The minimum atomic E-state index is -4.52. The largest absolute Gasteiger partial charge is 0.496 e. The number of benzene rings is 4. The monoisotopic (exact) mass is 523 g/mol. The number of ether oxygens (including phenoxy) is 1. The van der Waals surface area contributed by atoms with Gasteiger partial charge in [-0.1, -0.05) is 12.1 Å². The third-order valence-electron chi connectivity index (χ3n) is 5.93. The normalized spacial score (nSPS) is 11.6. The van der Waals surface area contributed by atoms with Gasteiger partial charge in [-0.3, -0.25) is 10.1 Å². The fourth-order valence-electron chi connectivity index (χ4n) is 4.13. The maximum absolute atomic E-state index is 15.1. The van der Waals surface area contributed by atoms with Crippen molar-refractivity contribution in [2.24, 2.45) is 0 Å². The second-order valence-electron chi connectivity index (χ2n) is 8.35. The number of oxazole rings is 1. The van der Waals surface area contributed by atoms with Crippen molar-refractivity contribution in [1.29, 1.82) is 0 Å². The van der Waals surface area contributed by atoms with Crippen molar-refractivity contribution in [2.45, 2.75) is 6.18 Å². The summed E-state index contributed by atoms with van der Waals surface area (Å²) < 4.78 is 65.4. The van der Waals surface area contributed by atoms with E-state index in [1.807, 2.05) is 0 Å². The molecule has 0 atom stereocenters. The summed E-state index contributed by atoms with van der Waals surface area (Å²) in [6, 6.07) is 16.2. The van der Waals surface area contributed by atoms with Gasteiger partial charge in [0, 0.05) is 34.5 Å². The molecule has 1 heterocycles. The second kappa shape index (κ2) is 9.18. The summed E-state index contributed by atoms with van der Waals surface area (Å²) in [5.41, 5.74) is 6.21. The number of nitro benzene ring substituents is 1. The lowest BCUT2D eigenvalue weighted by Crippen LogP contribution is -2.03. The van der Waals surface area contributed by atoms with Crippen LogP contribution in [-0.4, -0.2) is 17.0 Å². The molecule has 0 saturated carbocycles. The van der Waals surface area contributed by atoms with Crippen LogP contribution in [0.15, 0.2) is 77.2 Å². The first-order valence-corrected chi connectivity index (χ1v) is 11.1. The van der Waals surface area contributed by atoms with Crippen LogP contribution in [0.3, 0.4) is 0 Å². The lowest BCUT2D eigenvalue weighted by molar-refractivity contribution is -0.384. The van der Waals surface area contributed by atoms with Crippen molar-refractivity contribution in [3.05, 3.63) is 94.3 Å². The van der Waals surface area contributed by atoms with Crippen molar-refractivity contribution >= 4 is 22.5 Å². The van der Waals surface area contributed by atoms with Crippen LogP contribution in [0.25, 0.3) is 44.8 Å². The summed E-state index contributed by atoms with van der Waals surface area (Å²) in [5, 5.41) is 11.6. The maximum Gasteiger partial charge on any atom is 0.416 e. The van der Waals surface area contributed by atoms with Gasteiger partial charge in [0.25, 0.3) is 5.69 Å². The number of nitrogens with zero attached hydrogens (tertiary/aromatic N) is 2. The number of hydrogen-bond acceptors (Lipinski definition) is 6. The van der Waals surface area contributed by atoms with Gasteiger partial charge in [-0.15, -0.1) is 0 Å². The highest BCUT2D eigenvalue weighted by Gasteiger charge is 2.31. The van der Waals surface area contributed by atoms with Crippen molar-refractivity contribution in [1.82, 2.24) is 4.98 Å². The fourth-order valence-corrected chi connectivity index (χ4v) is 4.13. The maximum atomic E-state index is 15.1. The zero-order chi connectivity index (χ0) is 27.2. The second-order valence-corrected chi connectivity index (χ2v) is 8.35. The standard InChI is InChI=1S/C27H17F4N3O4/c1-37-25-13-21(28)20(18-7-6-17(32)11-23(18)34(35)36)12-19(25)14-3-2-4-15(9-14)26-33-22-10-16(27(29,30)31)5-8-24(22)38-26/h2-13H,32H2,1H3. The van der Waals surface area contributed by atoms with E-state index in [0.717, 1.165) is 24.3 Å². The number of aromatic nitrogens is 1. The molecule has 5 aromatic rings. The summed E-state index contributed by atoms with van der Waals surface area (Å²) in [6.07, 6.45) is -4.52. The molecule has 0 aliphatic carbocycles. The molecular weight excluding hydrogens is 506 g/mol. The molecule has 0 unspecified atom stereocenters. The van der Waals surface area contributed by atoms with Crippen molar-refractivity contribution in [2.75, 3.05) is 12.8 Å². The minimum absolute atomic E-state index is 0.0289. The fraction of sp³-hybridized carbons (Fsp3) is 0.0741. The van der Waals surface area contributed by atoms with E-state index >= 15 is 4.39 Å². The smallest absolute Gasteiger partial charge is 0.416 e. The van der Waals surface area contributed by atoms with Gasteiger partial charge in [-0.2, -0.15) is 13.2 Å². The van der Waals surface area contributed by atoms with Crippen LogP contribution in [0.4, 0.5) is 28.9 Å². The first-order chi connectivity index (χ1) is 18.0. The van der Waals surface area contributed by atoms with Crippen LogP contribution in [0.1, 0.15) is 5.56 Å². The molecule has 4 aromatic carbocycles. The summed E-state index contributed by atoms with van der Waals surface area (Å²) in [7, 11) is 1.35. The summed E-state index contributed by atoms with van der Waals surface area (Å²) in [6.45, 7) is 0. The number of nitro groups is 1. The molecule has 0 radical (unpaired) electrons. The third-order valence-corrected chi connectivity index (χ3v) is 5.93. The quantitative estimate of drug-likeness (QED) is 0.111. The van der Waals surface area contributed by atoms with E-state index in [0.29, 0.717) is 16.7 Å².